The van der Waals surface area contributed by atoms with Gasteiger partial charge in [-0.25, -0.2) is 15.0 Å². The Hall–Kier alpha value is -7.43. The summed E-state index contributed by atoms with van der Waals surface area (Å²) in [7, 11) is 0. The molecule has 2 heterocycles. The van der Waals surface area contributed by atoms with Gasteiger partial charge in [-0.1, -0.05) is 170 Å². The monoisotopic (exact) mass is 710 g/mol. The molecule has 0 aliphatic carbocycles. The van der Waals surface area contributed by atoms with Gasteiger partial charge in [0.1, 0.15) is 0 Å². The van der Waals surface area contributed by atoms with E-state index in [0.29, 0.717) is 22.9 Å². The van der Waals surface area contributed by atoms with Crippen LogP contribution >= 0.6 is 0 Å². The molecule has 0 spiro atoms. The first kappa shape index (κ1) is 24.7. The molecule has 4 heteroatoms. The molecule has 0 atom stereocenters. The van der Waals surface area contributed by atoms with Crippen molar-refractivity contribution in [3.63, 3.8) is 0 Å². The second-order valence-electron chi connectivity index (χ2n) is 13.1. The minimum atomic E-state index is -0.516. The molecule has 55 heavy (non-hydrogen) atoms. The molecule has 0 radical (unpaired) electrons. The van der Waals surface area contributed by atoms with E-state index in [4.69, 9.17) is 23.2 Å². The SMILES string of the molecule is [2H]c1c([2H])c([2H])c2c(c1[2H])c1c([2H])c([2H])c([2H])c([2H])c1n2-c1cc(-c2cccc(-c3ccccc3)c2)ccc1-c1nc(-c2ccccc2)nc(-c2cccc(-c3ccccc3)c2)n1. The van der Waals surface area contributed by atoms with Crippen molar-refractivity contribution in [3.8, 4) is 73.2 Å². The van der Waals surface area contributed by atoms with Crippen LogP contribution in [0, 0.1) is 0 Å². The normalized spacial score (nSPS) is 13.3. The number of para-hydroxylation sites is 2. The van der Waals surface area contributed by atoms with E-state index in [1.807, 2.05) is 152 Å². The fourth-order valence-electron chi connectivity index (χ4n) is 7.07. The minimum absolute atomic E-state index is 0.00689. The van der Waals surface area contributed by atoms with Gasteiger partial charge in [0.05, 0.1) is 27.7 Å². The number of hydrogen-bond acceptors (Lipinski definition) is 3. The van der Waals surface area contributed by atoms with Crippen LogP contribution in [0.3, 0.4) is 0 Å². The van der Waals surface area contributed by atoms with E-state index in [1.165, 1.54) is 4.57 Å². The zero-order valence-electron chi connectivity index (χ0n) is 37.3. The van der Waals surface area contributed by atoms with Crippen LogP contribution in [0.4, 0.5) is 0 Å². The lowest BCUT2D eigenvalue weighted by atomic mass is 9.97. The molecule has 0 fully saturated rings. The molecule has 0 unspecified atom stereocenters. The highest BCUT2D eigenvalue weighted by Gasteiger charge is 2.20. The van der Waals surface area contributed by atoms with Gasteiger partial charge in [-0.15, -0.1) is 0 Å². The predicted molar refractivity (Wildman–Crippen MR) is 227 cm³/mol. The average Bonchev–Trinajstić information content (AvgIpc) is 3.71. The van der Waals surface area contributed by atoms with Crippen molar-refractivity contribution in [2.75, 3.05) is 0 Å². The van der Waals surface area contributed by atoms with E-state index < -0.39 is 48.3 Å². The summed E-state index contributed by atoms with van der Waals surface area (Å²) in [5.41, 5.74) is 7.77. The molecule has 0 bridgehead atoms. The van der Waals surface area contributed by atoms with Crippen LogP contribution in [0.15, 0.2) is 206 Å². The second-order valence-corrected chi connectivity index (χ2v) is 13.1. The third kappa shape index (κ3) is 6.06. The number of rotatable bonds is 7. The quantitative estimate of drug-likeness (QED) is 0.165. The van der Waals surface area contributed by atoms with Crippen molar-refractivity contribution < 1.29 is 11.0 Å². The van der Waals surface area contributed by atoms with Gasteiger partial charge in [0, 0.05) is 27.5 Å². The Balaban J connectivity index is 1.32. The zero-order valence-corrected chi connectivity index (χ0v) is 29.3. The third-order valence-corrected chi connectivity index (χ3v) is 9.71. The minimum Gasteiger partial charge on any atom is -0.308 e. The molecule has 0 saturated carbocycles. The van der Waals surface area contributed by atoms with Gasteiger partial charge in [0.15, 0.2) is 17.5 Å². The van der Waals surface area contributed by atoms with E-state index in [0.717, 1.165) is 44.5 Å². The van der Waals surface area contributed by atoms with Crippen molar-refractivity contribution in [2.45, 2.75) is 0 Å². The maximum absolute atomic E-state index is 9.33. The Morgan fingerprint density at radius 2 is 0.764 bits per heavy atom. The maximum Gasteiger partial charge on any atom is 0.166 e. The fourth-order valence-corrected chi connectivity index (χ4v) is 7.07. The summed E-state index contributed by atoms with van der Waals surface area (Å²) in [5, 5.41) is -0.0473. The number of benzene rings is 8. The van der Waals surface area contributed by atoms with Crippen molar-refractivity contribution in [1.29, 1.82) is 0 Å². The Bertz CT molecular complexity index is 3350. The van der Waals surface area contributed by atoms with E-state index in [1.54, 1.807) is 0 Å². The topological polar surface area (TPSA) is 43.6 Å². The van der Waals surface area contributed by atoms with Crippen molar-refractivity contribution >= 4 is 21.8 Å². The molecule has 0 aliphatic heterocycles. The number of aromatic nitrogens is 4. The van der Waals surface area contributed by atoms with Gasteiger partial charge in [-0.05, 0) is 69.7 Å². The lowest BCUT2D eigenvalue weighted by molar-refractivity contribution is 1.06. The van der Waals surface area contributed by atoms with Crippen LogP contribution < -0.4 is 0 Å². The molecule has 10 aromatic rings. The summed E-state index contributed by atoms with van der Waals surface area (Å²) in [4.78, 5) is 15.2. The van der Waals surface area contributed by atoms with Crippen LogP contribution in [-0.4, -0.2) is 19.5 Å². The summed E-state index contributed by atoms with van der Waals surface area (Å²) in [6.45, 7) is 0. The molecule has 10 rings (SSSR count). The van der Waals surface area contributed by atoms with Crippen LogP contribution in [0.5, 0.6) is 0 Å². The van der Waals surface area contributed by atoms with Gasteiger partial charge in [0.25, 0.3) is 0 Å². The van der Waals surface area contributed by atoms with Crippen LogP contribution in [0.1, 0.15) is 11.0 Å². The van der Waals surface area contributed by atoms with Crippen LogP contribution in [0.25, 0.3) is 95.0 Å². The third-order valence-electron chi connectivity index (χ3n) is 9.71. The lowest BCUT2D eigenvalue weighted by Gasteiger charge is -2.17. The number of fused-ring (bicyclic) bond motifs is 3. The standard InChI is InChI=1S/C51H34N4/c1-4-16-35(17-5-1)38-22-14-24-40(32-38)41-30-31-45(48(34-41)55-46-28-12-10-26-43(46)44-27-11-13-29-47(44)55)51-53-49(37-20-8-3-9-21-37)52-50(54-51)42-25-15-23-39(33-42)36-18-6-2-7-19-36/h1-34H/i10D,11D,12D,13D,26D,27D,28D,29D. The largest absolute Gasteiger partial charge is 0.308 e. The summed E-state index contributed by atoms with van der Waals surface area (Å²) in [6, 6.07) is 47.4. The molecule has 0 saturated heterocycles. The summed E-state index contributed by atoms with van der Waals surface area (Å²) < 4.78 is 73.3. The van der Waals surface area contributed by atoms with Crippen molar-refractivity contribution in [2.24, 2.45) is 0 Å². The Morgan fingerprint density at radius 1 is 0.345 bits per heavy atom. The molecule has 2 aromatic heterocycles. The summed E-state index contributed by atoms with van der Waals surface area (Å²) in [6.07, 6.45) is 0. The van der Waals surface area contributed by atoms with Gasteiger partial charge in [-0.2, -0.15) is 0 Å². The zero-order chi connectivity index (χ0) is 43.5. The lowest BCUT2D eigenvalue weighted by Crippen LogP contribution is -2.04. The number of hydrogen-bond donors (Lipinski definition) is 0. The highest BCUT2D eigenvalue weighted by Crippen LogP contribution is 2.39. The molecule has 4 nitrogen and oxygen atoms in total. The smallest absolute Gasteiger partial charge is 0.166 e. The molecule has 0 amide bonds. The Labute approximate surface area is 331 Å². The second kappa shape index (κ2) is 13.8. The van der Waals surface area contributed by atoms with E-state index in [-0.39, 0.29) is 27.6 Å². The van der Waals surface area contributed by atoms with Gasteiger partial charge in [0.2, 0.25) is 0 Å². The van der Waals surface area contributed by atoms with Gasteiger partial charge < -0.3 is 4.57 Å². The number of nitrogens with zero attached hydrogens (tertiary/aromatic N) is 4. The van der Waals surface area contributed by atoms with Crippen LogP contribution in [0.2, 0.25) is 0 Å². The highest BCUT2D eigenvalue weighted by atomic mass is 15.1. The Morgan fingerprint density at radius 3 is 1.35 bits per heavy atom. The van der Waals surface area contributed by atoms with Crippen LogP contribution in [-0.2, 0) is 0 Å². The fraction of sp³-hybridized carbons (Fsp3) is 0. The van der Waals surface area contributed by atoms with E-state index in [9.17, 15) is 2.74 Å². The first-order valence-corrected chi connectivity index (χ1v) is 17.9. The first-order valence-electron chi connectivity index (χ1n) is 21.9. The highest BCUT2D eigenvalue weighted by molar-refractivity contribution is 6.09. The molecule has 8 aromatic carbocycles. The van der Waals surface area contributed by atoms with Gasteiger partial charge >= 0.3 is 0 Å². The molecule has 0 N–H and O–H groups in total. The summed E-state index contributed by atoms with van der Waals surface area (Å²) in [5.74, 6) is 1.01. The predicted octanol–water partition coefficient (Wildman–Crippen LogP) is 13.0. The molecular formula is C51H34N4. The first-order chi connectivity index (χ1) is 30.6. The molecule has 0 aliphatic rings. The molecular weight excluding hydrogens is 669 g/mol. The maximum atomic E-state index is 9.33. The van der Waals surface area contributed by atoms with Gasteiger partial charge in [-0.3, -0.25) is 0 Å². The summed E-state index contributed by atoms with van der Waals surface area (Å²) >= 11 is 0. The van der Waals surface area contributed by atoms with Crippen molar-refractivity contribution in [3.05, 3.63) is 206 Å². The van der Waals surface area contributed by atoms with Crippen molar-refractivity contribution in [1.82, 2.24) is 19.5 Å². The molecule has 258 valence electrons. The average molecular weight is 711 g/mol. The Kier molecular flexibility index (Phi) is 6.23. The van der Waals surface area contributed by atoms with E-state index >= 15 is 0 Å². The van der Waals surface area contributed by atoms with E-state index in [2.05, 4.69) is 6.07 Å².